The van der Waals surface area contributed by atoms with E-state index in [1.807, 2.05) is 24.3 Å². The number of carbonyl (C=O) groups is 1. The summed E-state index contributed by atoms with van der Waals surface area (Å²) in [6.45, 7) is 0.320. The number of aromatic nitrogens is 3. The number of hydrogen-bond acceptors (Lipinski definition) is 3. The molecule has 1 atom stereocenters. The minimum absolute atomic E-state index is 0.114. The predicted octanol–water partition coefficient (Wildman–Crippen LogP) is 4.08. The van der Waals surface area contributed by atoms with Crippen molar-refractivity contribution in [1.82, 2.24) is 20.3 Å². The van der Waals surface area contributed by atoms with Gasteiger partial charge in [-0.2, -0.15) is 0 Å². The Balaban J connectivity index is 1.40. The van der Waals surface area contributed by atoms with Gasteiger partial charge in [0.15, 0.2) is 0 Å². The van der Waals surface area contributed by atoms with E-state index in [0.717, 1.165) is 17.8 Å². The highest BCUT2D eigenvalue weighted by molar-refractivity contribution is 5.83. The van der Waals surface area contributed by atoms with Gasteiger partial charge in [0, 0.05) is 17.7 Å². The number of nitrogens with zero attached hydrogens (tertiary/aromatic N) is 2. The van der Waals surface area contributed by atoms with Crippen LogP contribution in [0.2, 0.25) is 0 Å². The minimum Gasteiger partial charge on any atom is -0.349 e. The van der Waals surface area contributed by atoms with Crippen molar-refractivity contribution < 1.29 is 9.18 Å². The molecule has 28 heavy (non-hydrogen) atoms. The molecule has 0 saturated heterocycles. The average Bonchev–Trinajstić information content (AvgIpc) is 3.33. The number of benzene rings is 1. The van der Waals surface area contributed by atoms with Crippen molar-refractivity contribution in [1.29, 1.82) is 0 Å². The van der Waals surface area contributed by atoms with Crippen molar-refractivity contribution in [2.24, 2.45) is 11.3 Å². The number of nitrogens with one attached hydrogen (secondary N) is 2. The monoisotopic (exact) mass is 376 g/mol. The summed E-state index contributed by atoms with van der Waals surface area (Å²) in [6.07, 6.45) is 6.33. The van der Waals surface area contributed by atoms with Crippen LogP contribution in [-0.2, 0) is 11.3 Å². The molecule has 2 aromatic heterocycles. The van der Waals surface area contributed by atoms with Crippen LogP contribution in [-0.4, -0.2) is 20.9 Å². The summed E-state index contributed by atoms with van der Waals surface area (Å²) >= 11 is 0. The maximum Gasteiger partial charge on any atom is 0.224 e. The number of H-pyrrole nitrogens is 1. The summed E-state index contributed by atoms with van der Waals surface area (Å²) < 4.78 is 13.7. The van der Waals surface area contributed by atoms with E-state index in [0.29, 0.717) is 29.0 Å². The van der Waals surface area contributed by atoms with Crippen LogP contribution >= 0.6 is 0 Å². The third-order valence-electron chi connectivity index (χ3n) is 6.06. The number of amides is 1. The van der Waals surface area contributed by atoms with E-state index in [1.165, 1.54) is 31.4 Å². The molecule has 0 unspecified atom stereocenters. The molecular weight excluding hydrogens is 355 g/mol. The van der Waals surface area contributed by atoms with Crippen molar-refractivity contribution in [3.05, 3.63) is 60.3 Å². The Morgan fingerprint density at radius 3 is 2.82 bits per heavy atom. The summed E-state index contributed by atoms with van der Waals surface area (Å²) in [5.74, 6) is 0.593. The SMILES string of the molecule is O=C(NCc1nc(-c2cccc(F)c2)c(-c2ccccn2)[nH]1)[C@@H]1CC12CCC2. The standard InChI is InChI=1S/C22H21FN4O/c23-15-6-3-5-14(11-15)19-20(17-7-1-2-10-24-17)27-18(26-19)13-25-21(28)16-12-22(16)8-4-9-22/h1-3,5-7,10-11,16H,4,8-9,12-13H2,(H,25,28)(H,26,27)/t16-/m0/s1. The first kappa shape index (κ1) is 17.1. The molecule has 6 heteroatoms. The number of halogens is 1. The Morgan fingerprint density at radius 1 is 1.25 bits per heavy atom. The molecule has 0 bridgehead atoms. The normalized spacial score (nSPS) is 19.2. The van der Waals surface area contributed by atoms with E-state index in [4.69, 9.17) is 0 Å². The minimum atomic E-state index is -0.318. The number of carbonyl (C=O) groups excluding carboxylic acids is 1. The van der Waals surface area contributed by atoms with Gasteiger partial charge in [0.25, 0.3) is 0 Å². The number of imidazole rings is 1. The second-order valence-corrected chi connectivity index (χ2v) is 7.82. The molecule has 5 rings (SSSR count). The molecule has 0 radical (unpaired) electrons. The van der Waals surface area contributed by atoms with Gasteiger partial charge >= 0.3 is 0 Å². The zero-order valence-electron chi connectivity index (χ0n) is 15.4. The second-order valence-electron chi connectivity index (χ2n) is 7.82. The van der Waals surface area contributed by atoms with Crippen molar-refractivity contribution in [3.63, 3.8) is 0 Å². The molecule has 5 nitrogen and oxygen atoms in total. The lowest BCUT2D eigenvalue weighted by atomic mass is 9.80. The van der Waals surface area contributed by atoms with Crippen LogP contribution in [0.25, 0.3) is 22.6 Å². The molecule has 142 valence electrons. The van der Waals surface area contributed by atoms with Crippen LogP contribution in [0.4, 0.5) is 4.39 Å². The topological polar surface area (TPSA) is 70.7 Å². The van der Waals surface area contributed by atoms with Crippen molar-refractivity contribution in [2.75, 3.05) is 0 Å². The molecule has 1 aromatic carbocycles. The first-order valence-electron chi connectivity index (χ1n) is 9.69. The van der Waals surface area contributed by atoms with Gasteiger partial charge in [0.05, 0.1) is 23.6 Å². The summed E-state index contributed by atoms with van der Waals surface area (Å²) in [6, 6.07) is 12.0. The molecule has 2 N–H and O–H groups in total. The fourth-order valence-electron chi connectivity index (χ4n) is 4.24. The van der Waals surface area contributed by atoms with Gasteiger partial charge < -0.3 is 10.3 Å². The van der Waals surface area contributed by atoms with E-state index < -0.39 is 0 Å². The highest BCUT2D eigenvalue weighted by Gasteiger charge is 2.60. The van der Waals surface area contributed by atoms with Crippen molar-refractivity contribution >= 4 is 5.91 Å². The van der Waals surface area contributed by atoms with Gasteiger partial charge in [-0.1, -0.05) is 24.6 Å². The van der Waals surface area contributed by atoms with Crippen molar-refractivity contribution in [2.45, 2.75) is 32.2 Å². The van der Waals surface area contributed by atoms with Gasteiger partial charge in [-0.25, -0.2) is 9.37 Å². The van der Waals surface area contributed by atoms with Crippen LogP contribution in [0.1, 0.15) is 31.5 Å². The summed E-state index contributed by atoms with van der Waals surface area (Å²) in [7, 11) is 0. The third kappa shape index (κ3) is 2.99. The molecule has 2 fully saturated rings. The Bertz CT molecular complexity index is 1030. The first-order valence-corrected chi connectivity index (χ1v) is 9.69. The van der Waals surface area contributed by atoms with E-state index >= 15 is 0 Å². The van der Waals surface area contributed by atoms with Crippen LogP contribution in [0.15, 0.2) is 48.7 Å². The molecule has 2 aliphatic carbocycles. The fourth-order valence-corrected chi connectivity index (χ4v) is 4.24. The lowest BCUT2D eigenvalue weighted by Crippen LogP contribution is -2.29. The van der Waals surface area contributed by atoms with Gasteiger partial charge in [-0.05, 0) is 48.9 Å². The number of aromatic amines is 1. The molecule has 2 aliphatic rings. The highest BCUT2D eigenvalue weighted by atomic mass is 19.1. The zero-order valence-corrected chi connectivity index (χ0v) is 15.4. The number of hydrogen-bond donors (Lipinski definition) is 2. The van der Waals surface area contributed by atoms with E-state index in [1.54, 1.807) is 12.3 Å². The molecule has 2 saturated carbocycles. The highest BCUT2D eigenvalue weighted by Crippen LogP contribution is 2.65. The third-order valence-corrected chi connectivity index (χ3v) is 6.06. The Kier molecular flexibility index (Phi) is 4.00. The smallest absolute Gasteiger partial charge is 0.224 e. The number of rotatable bonds is 5. The summed E-state index contributed by atoms with van der Waals surface area (Å²) in [4.78, 5) is 24.8. The zero-order chi connectivity index (χ0) is 19.1. The van der Waals surface area contributed by atoms with Crippen LogP contribution in [0.5, 0.6) is 0 Å². The van der Waals surface area contributed by atoms with Crippen LogP contribution in [0.3, 0.4) is 0 Å². The Labute approximate surface area is 162 Å². The molecule has 3 aromatic rings. The van der Waals surface area contributed by atoms with E-state index in [9.17, 15) is 9.18 Å². The molecule has 1 spiro atoms. The van der Waals surface area contributed by atoms with Gasteiger partial charge in [-0.15, -0.1) is 0 Å². The fraction of sp³-hybridized carbons (Fsp3) is 0.318. The van der Waals surface area contributed by atoms with Crippen LogP contribution < -0.4 is 5.32 Å². The maximum absolute atomic E-state index is 13.7. The predicted molar refractivity (Wildman–Crippen MR) is 103 cm³/mol. The summed E-state index contributed by atoms with van der Waals surface area (Å²) in [5.41, 5.74) is 3.05. The largest absolute Gasteiger partial charge is 0.349 e. The van der Waals surface area contributed by atoms with E-state index in [2.05, 4.69) is 20.3 Å². The quantitative estimate of drug-likeness (QED) is 0.705. The van der Waals surface area contributed by atoms with Crippen LogP contribution in [0, 0.1) is 17.2 Å². The van der Waals surface area contributed by atoms with Gasteiger partial charge in [0.1, 0.15) is 11.6 Å². The lowest BCUT2D eigenvalue weighted by molar-refractivity contribution is -0.123. The Hall–Kier alpha value is -3.02. The molecular formula is C22H21FN4O. The first-order chi connectivity index (χ1) is 13.6. The van der Waals surface area contributed by atoms with Crippen molar-refractivity contribution in [3.8, 4) is 22.6 Å². The molecule has 2 heterocycles. The maximum atomic E-state index is 13.7. The number of pyridine rings is 1. The second kappa shape index (κ2) is 6.55. The van der Waals surface area contributed by atoms with E-state index in [-0.39, 0.29) is 17.6 Å². The van der Waals surface area contributed by atoms with Gasteiger partial charge in [0.2, 0.25) is 5.91 Å². The average molecular weight is 376 g/mol. The summed E-state index contributed by atoms with van der Waals surface area (Å²) in [5, 5.41) is 3.01. The molecule has 0 aliphatic heterocycles. The van der Waals surface area contributed by atoms with Gasteiger partial charge in [-0.3, -0.25) is 9.78 Å². The Morgan fingerprint density at radius 2 is 2.14 bits per heavy atom. The molecule has 1 amide bonds. The lowest BCUT2D eigenvalue weighted by Gasteiger charge is -2.26.